The maximum absolute atomic E-state index is 13.4. The van der Waals surface area contributed by atoms with Crippen molar-refractivity contribution < 1.29 is 19.4 Å². The Kier molecular flexibility index (Phi) is 10.8. The fourth-order valence-corrected chi connectivity index (χ4v) is 5.05. The lowest BCUT2D eigenvalue weighted by atomic mass is 10.0. The molecule has 0 aliphatic carbocycles. The van der Waals surface area contributed by atoms with Crippen LogP contribution in [0.3, 0.4) is 0 Å². The van der Waals surface area contributed by atoms with E-state index in [1.54, 1.807) is 4.90 Å². The molecule has 3 aliphatic heterocycles. The molecule has 0 radical (unpaired) electrons. The normalized spacial score (nSPS) is 22.2. The van der Waals surface area contributed by atoms with E-state index in [4.69, 9.17) is 9.84 Å². The molecule has 1 aromatic carbocycles. The van der Waals surface area contributed by atoms with Crippen molar-refractivity contribution in [1.29, 1.82) is 0 Å². The lowest BCUT2D eigenvalue weighted by Crippen LogP contribution is -2.58. The fraction of sp³-hybridized carbons (Fsp3) is 0.643. The van der Waals surface area contributed by atoms with Gasteiger partial charge >= 0.3 is 0 Å². The lowest BCUT2D eigenvalue weighted by Gasteiger charge is -2.42. The number of unbranched alkanes of at least 4 members (excludes halogenated alkanes) is 1. The molecule has 2 fully saturated rings. The van der Waals surface area contributed by atoms with Gasteiger partial charge in [-0.25, -0.2) is 5.43 Å². The van der Waals surface area contributed by atoms with Crippen LogP contribution in [0.5, 0.6) is 0 Å². The maximum atomic E-state index is 13.4. The highest BCUT2D eigenvalue weighted by Crippen LogP contribution is 2.32. The molecule has 2 amide bonds. The average molecular weight is 501 g/mol. The molecule has 0 saturated carbocycles. The fourth-order valence-electron chi connectivity index (χ4n) is 5.05. The number of piperidine rings is 1. The van der Waals surface area contributed by atoms with Gasteiger partial charge in [-0.1, -0.05) is 63.4 Å². The Bertz CT molecular complexity index is 880. The quantitative estimate of drug-likeness (QED) is 0.542. The predicted molar refractivity (Wildman–Crippen MR) is 141 cm³/mol. The molecule has 4 rings (SSSR count). The first-order valence-corrected chi connectivity index (χ1v) is 13.6. The summed E-state index contributed by atoms with van der Waals surface area (Å²) >= 11 is 0. The molecule has 0 spiro atoms. The molecule has 8 heteroatoms. The third-order valence-corrected chi connectivity index (χ3v) is 7.06. The Labute approximate surface area is 216 Å². The second-order valence-electron chi connectivity index (χ2n) is 9.60. The molecule has 2 atom stereocenters. The van der Waals surface area contributed by atoms with Gasteiger partial charge in [-0.05, 0) is 37.8 Å². The lowest BCUT2D eigenvalue weighted by molar-refractivity contribution is -0.144. The summed E-state index contributed by atoms with van der Waals surface area (Å²) in [5.41, 5.74) is 6.53. The maximum Gasteiger partial charge on any atom is 0.271 e. The van der Waals surface area contributed by atoms with Gasteiger partial charge in [0.2, 0.25) is 5.91 Å². The van der Waals surface area contributed by atoms with Gasteiger partial charge in [0.05, 0.1) is 31.4 Å². The van der Waals surface area contributed by atoms with Crippen molar-refractivity contribution in [3.05, 3.63) is 47.2 Å². The van der Waals surface area contributed by atoms with Gasteiger partial charge in [0.15, 0.2) is 0 Å². The Hall–Kier alpha value is -2.42. The van der Waals surface area contributed by atoms with Crippen LogP contribution < -0.4 is 5.43 Å². The zero-order chi connectivity index (χ0) is 26.1. The smallest absolute Gasteiger partial charge is 0.271 e. The van der Waals surface area contributed by atoms with E-state index < -0.39 is 0 Å². The minimum Gasteiger partial charge on any atom is -0.394 e. The van der Waals surface area contributed by atoms with Crippen LogP contribution in [-0.2, 0) is 14.3 Å². The van der Waals surface area contributed by atoms with Gasteiger partial charge in [-0.3, -0.25) is 14.6 Å². The molecule has 200 valence electrons. The third kappa shape index (κ3) is 6.87. The second-order valence-corrected chi connectivity index (χ2v) is 9.60. The third-order valence-electron chi connectivity index (χ3n) is 7.06. The van der Waals surface area contributed by atoms with E-state index in [0.717, 1.165) is 37.7 Å². The minimum atomic E-state index is -0.0793. The summed E-state index contributed by atoms with van der Waals surface area (Å²) in [6.07, 6.45) is 6.75. The number of aliphatic hydroxyl groups excluding tert-OH is 1. The number of aliphatic hydroxyl groups is 1. The predicted octanol–water partition coefficient (Wildman–Crippen LogP) is 3.17. The summed E-state index contributed by atoms with van der Waals surface area (Å²) in [5, 5.41) is 11.0. The average Bonchev–Trinajstić information content (AvgIpc) is 3.36. The number of hydrogen-bond donors (Lipinski definition) is 2. The molecular formula is C28H44N4O4. The standard InChI is InChI=1S/C26H38N4O4.C2H6/c1-3-4-5-21-17-29(18-25(32)28-12-10-22(11-13-28)34-15-14-31)26(33)24-16-23(27-30(21)24)20-8-6-19(2)7-9-20;1-2/h6-9,16,21-23,27,31H,3-5,10-15,17-18H2,1-2H3;1-2H3. The van der Waals surface area contributed by atoms with Crippen molar-refractivity contribution in [2.45, 2.75) is 78.0 Å². The van der Waals surface area contributed by atoms with Crippen LogP contribution in [0.15, 0.2) is 36.0 Å². The van der Waals surface area contributed by atoms with E-state index in [9.17, 15) is 9.59 Å². The number of rotatable bonds is 9. The van der Waals surface area contributed by atoms with E-state index in [1.165, 1.54) is 5.56 Å². The molecular weight excluding hydrogens is 456 g/mol. The minimum absolute atomic E-state index is 0.00158. The zero-order valence-corrected chi connectivity index (χ0v) is 22.4. The van der Waals surface area contributed by atoms with Crippen molar-refractivity contribution >= 4 is 11.8 Å². The first-order valence-electron chi connectivity index (χ1n) is 13.6. The van der Waals surface area contributed by atoms with E-state index in [2.05, 4.69) is 43.5 Å². The number of nitrogens with zero attached hydrogens (tertiary/aromatic N) is 3. The molecule has 2 unspecified atom stereocenters. The highest BCUT2D eigenvalue weighted by Gasteiger charge is 2.41. The molecule has 8 nitrogen and oxygen atoms in total. The summed E-state index contributed by atoms with van der Waals surface area (Å²) in [5.74, 6) is -0.0809. The van der Waals surface area contributed by atoms with E-state index >= 15 is 0 Å². The van der Waals surface area contributed by atoms with Crippen molar-refractivity contribution in [2.24, 2.45) is 0 Å². The first kappa shape index (κ1) is 28.2. The van der Waals surface area contributed by atoms with Gasteiger partial charge in [-0.15, -0.1) is 0 Å². The van der Waals surface area contributed by atoms with Gasteiger partial charge < -0.3 is 19.6 Å². The second kappa shape index (κ2) is 13.8. The van der Waals surface area contributed by atoms with Crippen molar-refractivity contribution in [3.8, 4) is 0 Å². The molecule has 2 saturated heterocycles. The van der Waals surface area contributed by atoms with Gasteiger partial charge in [0, 0.05) is 19.6 Å². The van der Waals surface area contributed by atoms with Crippen LogP contribution in [0.2, 0.25) is 0 Å². The molecule has 0 aromatic heterocycles. The van der Waals surface area contributed by atoms with Crippen molar-refractivity contribution in [1.82, 2.24) is 20.2 Å². The summed E-state index contributed by atoms with van der Waals surface area (Å²) in [6, 6.07) is 8.48. The molecule has 3 aliphatic rings. The Morgan fingerprint density at radius 3 is 2.50 bits per heavy atom. The van der Waals surface area contributed by atoms with Crippen molar-refractivity contribution in [3.63, 3.8) is 0 Å². The number of fused-ring (bicyclic) bond motifs is 1. The number of benzene rings is 1. The monoisotopic (exact) mass is 500 g/mol. The molecule has 36 heavy (non-hydrogen) atoms. The molecule has 0 bridgehead atoms. The first-order chi connectivity index (χ1) is 17.5. The molecule has 2 N–H and O–H groups in total. The van der Waals surface area contributed by atoms with Crippen LogP contribution in [0.25, 0.3) is 0 Å². The largest absolute Gasteiger partial charge is 0.394 e. The summed E-state index contributed by atoms with van der Waals surface area (Å²) in [7, 11) is 0. The SMILES string of the molecule is CC.CCCCC1CN(CC(=O)N2CCC(OCCO)CC2)C(=O)C2=CC(c3ccc(C)cc3)NN21. The van der Waals surface area contributed by atoms with Crippen molar-refractivity contribution in [2.75, 3.05) is 39.4 Å². The van der Waals surface area contributed by atoms with E-state index in [-0.39, 0.29) is 43.2 Å². The number of piperazine rings is 1. The Balaban J connectivity index is 0.00000176. The van der Waals surface area contributed by atoms with Gasteiger partial charge in [0.1, 0.15) is 12.2 Å². The summed E-state index contributed by atoms with van der Waals surface area (Å²) < 4.78 is 5.61. The highest BCUT2D eigenvalue weighted by molar-refractivity contribution is 5.96. The van der Waals surface area contributed by atoms with Gasteiger partial charge in [0.25, 0.3) is 5.91 Å². The number of likely N-dealkylation sites (tertiary alicyclic amines) is 1. The number of ether oxygens (including phenoxy) is 1. The molecule has 1 aromatic rings. The van der Waals surface area contributed by atoms with Crippen LogP contribution in [0.4, 0.5) is 0 Å². The van der Waals surface area contributed by atoms with Crippen LogP contribution in [-0.4, -0.2) is 83.3 Å². The Morgan fingerprint density at radius 1 is 1.17 bits per heavy atom. The summed E-state index contributed by atoms with van der Waals surface area (Å²) in [6.45, 7) is 10.5. The Morgan fingerprint density at radius 2 is 1.86 bits per heavy atom. The van der Waals surface area contributed by atoms with Crippen LogP contribution >= 0.6 is 0 Å². The molecule has 3 heterocycles. The van der Waals surface area contributed by atoms with Gasteiger partial charge in [-0.2, -0.15) is 0 Å². The number of hydrogen-bond acceptors (Lipinski definition) is 6. The number of aryl methyl sites for hydroxylation is 1. The number of carbonyl (C=O) groups is 2. The number of nitrogens with one attached hydrogen (secondary N) is 1. The van der Waals surface area contributed by atoms with E-state index in [0.29, 0.717) is 31.9 Å². The zero-order valence-electron chi connectivity index (χ0n) is 22.4. The number of carbonyl (C=O) groups excluding carboxylic acids is 2. The topological polar surface area (TPSA) is 85.4 Å². The van der Waals surface area contributed by atoms with Crippen LogP contribution in [0.1, 0.15) is 70.0 Å². The summed E-state index contributed by atoms with van der Waals surface area (Å²) in [4.78, 5) is 30.1. The van der Waals surface area contributed by atoms with Crippen LogP contribution in [0, 0.1) is 6.92 Å². The number of hydrazine groups is 1. The van der Waals surface area contributed by atoms with E-state index in [1.807, 2.05) is 29.8 Å². The number of amides is 2. The highest BCUT2D eigenvalue weighted by atomic mass is 16.5.